The van der Waals surface area contributed by atoms with Gasteiger partial charge in [0.05, 0.1) is 11.5 Å². The number of halogens is 1. The molecule has 1 heterocycles. The topological polar surface area (TPSA) is 55.7 Å². The van der Waals surface area contributed by atoms with Gasteiger partial charge in [-0.3, -0.25) is 10.1 Å². The van der Waals surface area contributed by atoms with E-state index in [2.05, 4.69) is 0 Å². The fourth-order valence-corrected chi connectivity index (χ4v) is 2.46. The number of non-ortho nitro benzene ring substituents is 1. The standard InChI is InChI=1S/C14H10ClNO3/c15-13-7-6-11(16(17)18)8-12(13)14(9-19-14)10-4-2-1-3-5-10/h1-8H,9H2. The third-order valence-electron chi connectivity index (χ3n) is 3.27. The lowest BCUT2D eigenvalue weighted by molar-refractivity contribution is -0.384. The molecular weight excluding hydrogens is 266 g/mol. The second-order valence-electron chi connectivity index (χ2n) is 4.40. The predicted octanol–water partition coefficient (Wildman–Crippen LogP) is 3.52. The highest BCUT2D eigenvalue weighted by atomic mass is 35.5. The highest BCUT2D eigenvalue weighted by Crippen LogP contribution is 2.48. The molecule has 0 aromatic heterocycles. The lowest BCUT2D eigenvalue weighted by Gasteiger charge is -2.14. The summed E-state index contributed by atoms with van der Waals surface area (Å²) in [5.74, 6) is 0. The molecule has 1 unspecified atom stereocenters. The number of nitro groups is 1. The van der Waals surface area contributed by atoms with E-state index in [1.54, 1.807) is 6.07 Å². The number of nitro benzene ring substituents is 1. The molecular formula is C14H10ClNO3. The average molecular weight is 276 g/mol. The molecule has 3 rings (SSSR count). The Morgan fingerprint density at radius 2 is 1.89 bits per heavy atom. The molecule has 1 aliphatic heterocycles. The lowest BCUT2D eigenvalue weighted by Crippen LogP contribution is -2.11. The fraction of sp³-hybridized carbons (Fsp3) is 0.143. The number of epoxide rings is 1. The largest absolute Gasteiger partial charge is 0.359 e. The van der Waals surface area contributed by atoms with Crippen molar-refractivity contribution in [1.82, 2.24) is 0 Å². The van der Waals surface area contributed by atoms with E-state index in [1.165, 1.54) is 12.1 Å². The van der Waals surface area contributed by atoms with Gasteiger partial charge in [0.25, 0.3) is 5.69 Å². The molecule has 0 spiro atoms. The van der Waals surface area contributed by atoms with Crippen molar-refractivity contribution in [2.24, 2.45) is 0 Å². The van der Waals surface area contributed by atoms with Gasteiger partial charge in [-0.05, 0) is 11.6 Å². The van der Waals surface area contributed by atoms with Crippen LogP contribution < -0.4 is 0 Å². The Hall–Kier alpha value is -1.91. The molecule has 5 heteroatoms. The van der Waals surface area contributed by atoms with Gasteiger partial charge in [0.2, 0.25) is 0 Å². The van der Waals surface area contributed by atoms with Crippen LogP contribution in [0.15, 0.2) is 48.5 Å². The fourth-order valence-electron chi connectivity index (χ4n) is 2.19. The van der Waals surface area contributed by atoms with Crippen molar-refractivity contribution in [1.29, 1.82) is 0 Å². The van der Waals surface area contributed by atoms with Crippen molar-refractivity contribution >= 4 is 17.3 Å². The monoisotopic (exact) mass is 275 g/mol. The van der Waals surface area contributed by atoms with E-state index < -0.39 is 10.5 Å². The van der Waals surface area contributed by atoms with E-state index in [0.29, 0.717) is 17.2 Å². The zero-order valence-electron chi connectivity index (χ0n) is 9.88. The molecule has 1 aliphatic rings. The third kappa shape index (κ3) is 1.99. The Kier molecular flexibility index (Phi) is 2.77. The molecule has 0 bridgehead atoms. The van der Waals surface area contributed by atoms with E-state index in [9.17, 15) is 10.1 Å². The Morgan fingerprint density at radius 3 is 2.47 bits per heavy atom. The molecule has 1 fully saturated rings. The van der Waals surface area contributed by atoms with Crippen LogP contribution >= 0.6 is 11.6 Å². The molecule has 0 saturated carbocycles. The molecule has 2 aromatic rings. The maximum absolute atomic E-state index is 10.9. The number of ether oxygens (including phenoxy) is 1. The summed E-state index contributed by atoms with van der Waals surface area (Å²) in [5, 5.41) is 11.3. The van der Waals surface area contributed by atoms with Crippen molar-refractivity contribution in [2.75, 3.05) is 6.61 Å². The molecule has 19 heavy (non-hydrogen) atoms. The average Bonchev–Trinajstić information content (AvgIpc) is 3.21. The molecule has 0 amide bonds. The highest BCUT2D eigenvalue weighted by Gasteiger charge is 2.49. The number of rotatable bonds is 3. The predicted molar refractivity (Wildman–Crippen MR) is 71.3 cm³/mol. The van der Waals surface area contributed by atoms with Crippen LogP contribution in [0.3, 0.4) is 0 Å². The first-order valence-corrected chi connectivity index (χ1v) is 6.15. The van der Waals surface area contributed by atoms with Gasteiger partial charge in [-0.25, -0.2) is 0 Å². The zero-order chi connectivity index (χ0) is 13.5. The smallest absolute Gasteiger partial charge is 0.269 e. The quantitative estimate of drug-likeness (QED) is 0.489. The van der Waals surface area contributed by atoms with Crippen molar-refractivity contribution in [2.45, 2.75) is 5.60 Å². The SMILES string of the molecule is O=[N+]([O-])c1ccc(Cl)c(C2(c3ccccc3)CO2)c1. The van der Waals surface area contributed by atoms with Crippen LogP contribution in [0, 0.1) is 10.1 Å². The maximum atomic E-state index is 10.9. The van der Waals surface area contributed by atoms with E-state index >= 15 is 0 Å². The van der Waals surface area contributed by atoms with Crippen LogP contribution in [-0.2, 0) is 10.3 Å². The van der Waals surface area contributed by atoms with Crippen LogP contribution in [0.1, 0.15) is 11.1 Å². The van der Waals surface area contributed by atoms with Crippen molar-refractivity contribution in [3.05, 3.63) is 74.8 Å². The molecule has 0 N–H and O–H groups in total. The summed E-state index contributed by atoms with van der Waals surface area (Å²) >= 11 is 6.17. The van der Waals surface area contributed by atoms with Gasteiger partial charge < -0.3 is 4.74 Å². The molecule has 4 nitrogen and oxygen atoms in total. The summed E-state index contributed by atoms with van der Waals surface area (Å²) in [7, 11) is 0. The number of nitrogens with zero attached hydrogens (tertiary/aromatic N) is 1. The summed E-state index contributed by atoms with van der Waals surface area (Å²) in [4.78, 5) is 10.4. The van der Waals surface area contributed by atoms with Crippen LogP contribution in [0.4, 0.5) is 5.69 Å². The van der Waals surface area contributed by atoms with Gasteiger partial charge >= 0.3 is 0 Å². The zero-order valence-corrected chi connectivity index (χ0v) is 10.6. The Labute approximate surface area is 114 Å². The molecule has 0 radical (unpaired) electrons. The van der Waals surface area contributed by atoms with Gasteiger partial charge in [0, 0.05) is 22.7 Å². The summed E-state index contributed by atoms with van der Waals surface area (Å²) in [6.45, 7) is 0.484. The van der Waals surface area contributed by atoms with Gasteiger partial charge in [0.15, 0.2) is 0 Å². The first kappa shape index (κ1) is 12.1. The van der Waals surface area contributed by atoms with Crippen LogP contribution in [0.5, 0.6) is 0 Å². The van der Waals surface area contributed by atoms with Crippen LogP contribution in [0.25, 0.3) is 0 Å². The van der Waals surface area contributed by atoms with E-state index in [1.807, 2.05) is 30.3 Å². The molecule has 1 saturated heterocycles. The second kappa shape index (κ2) is 4.33. The Morgan fingerprint density at radius 1 is 1.21 bits per heavy atom. The van der Waals surface area contributed by atoms with Gasteiger partial charge in [-0.15, -0.1) is 0 Å². The van der Waals surface area contributed by atoms with Crippen molar-refractivity contribution in [3.8, 4) is 0 Å². The summed E-state index contributed by atoms with van der Waals surface area (Å²) < 4.78 is 5.58. The third-order valence-corrected chi connectivity index (χ3v) is 3.60. The first-order valence-electron chi connectivity index (χ1n) is 5.77. The highest BCUT2D eigenvalue weighted by molar-refractivity contribution is 6.31. The Balaban J connectivity index is 2.12. The number of hydrogen-bond acceptors (Lipinski definition) is 3. The van der Waals surface area contributed by atoms with Crippen molar-refractivity contribution in [3.63, 3.8) is 0 Å². The minimum Gasteiger partial charge on any atom is -0.359 e. The summed E-state index contributed by atoms with van der Waals surface area (Å²) in [5.41, 5.74) is 0.988. The van der Waals surface area contributed by atoms with Crippen LogP contribution in [0.2, 0.25) is 5.02 Å². The Bertz CT molecular complexity index is 638. The minimum absolute atomic E-state index is 0.0187. The van der Waals surface area contributed by atoms with E-state index in [-0.39, 0.29) is 5.69 Å². The number of benzene rings is 2. The molecule has 96 valence electrons. The first-order chi connectivity index (χ1) is 9.13. The van der Waals surface area contributed by atoms with E-state index in [0.717, 1.165) is 5.56 Å². The second-order valence-corrected chi connectivity index (χ2v) is 4.81. The van der Waals surface area contributed by atoms with Gasteiger partial charge in [-0.2, -0.15) is 0 Å². The normalized spacial score (nSPS) is 21.1. The van der Waals surface area contributed by atoms with Crippen LogP contribution in [-0.4, -0.2) is 11.5 Å². The molecule has 1 atom stereocenters. The summed E-state index contributed by atoms with van der Waals surface area (Å²) in [6.07, 6.45) is 0. The molecule has 2 aromatic carbocycles. The minimum atomic E-state index is -0.635. The van der Waals surface area contributed by atoms with Crippen molar-refractivity contribution < 1.29 is 9.66 Å². The molecule has 0 aliphatic carbocycles. The van der Waals surface area contributed by atoms with Gasteiger partial charge in [-0.1, -0.05) is 41.9 Å². The lowest BCUT2D eigenvalue weighted by atomic mass is 9.91. The maximum Gasteiger partial charge on any atom is 0.269 e. The summed E-state index contributed by atoms with van der Waals surface area (Å²) in [6, 6.07) is 14.0. The van der Waals surface area contributed by atoms with E-state index in [4.69, 9.17) is 16.3 Å². The van der Waals surface area contributed by atoms with Gasteiger partial charge in [0.1, 0.15) is 5.60 Å². The number of hydrogen-bond donors (Lipinski definition) is 0.